The lowest BCUT2D eigenvalue weighted by Crippen LogP contribution is -2.42. The van der Waals surface area contributed by atoms with Crippen molar-refractivity contribution in [2.24, 2.45) is 5.92 Å². The van der Waals surface area contributed by atoms with Crippen LogP contribution in [0.4, 0.5) is 0 Å². The molecule has 1 saturated heterocycles. The minimum absolute atomic E-state index is 0.130. The van der Waals surface area contributed by atoms with Gasteiger partial charge in [0.1, 0.15) is 5.75 Å². The molecule has 1 N–H and O–H groups in total. The van der Waals surface area contributed by atoms with Crippen molar-refractivity contribution in [3.63, 3.8) is 0 Å². The molecule has 0 spiro atoms. The van der Waals surface area contributed by atoms with E-state index in [9.17, 15) is 5.11 Å². The minimum atomic E-state index is -0.130. The van der Waals surface area contributed by atoms with E-state index < -0.39 is 0 Å². The molecule has 1 aromatic rings. The molecule has 0 bridgehead atoms. The highest BCUT2D eigenvalue weighted by molar-refractivity contribution is 9.10. The summed E-state index contributed by atoms with van der Waals surface area (Å²) in [6.45, 7) is 4.99. The van der Waals surface area contributed by atoms with Crippen LogP contribution < -0.4 is 4.74 Å². The van der Waals surface area contributed by atoms with Gasteiger partial charge in [0.25, 0.3) is 0 Å². The summed E-state index contributed by atoms with van der Waals surface area (Å²) in [6.07, 6.45) is 1.78. The topological polar surface area (TPSA) is 32.7 Å². The number of aliphatic hydroxyl groups excluding tert-OH is 1. The third kappa shape index (κ3) is 3.71. The van der Waals surface area contributed by atoms with Crippen molar-refractivity contribution >= 4 is 15.9 Å². The number of ether oxygens (including phenoxy) is 1. The molecule has 1 heterocycles. The van der Waals surface area contributed by atoms with Gasteiger partial charge in [-0.15, -0.1) is 0 Å². The lowest BCUT2D eigenvalue weighted by molar-refractivity contribution is 0.0221. The predicted molar refractivity (Wildman–Crippen MR) is 80.4 cm³/mol. The maximum absolute atomic E-state index is 9.93. The zero-order valence-corrected chi connectivity index (χ0v) is 13.2. The molecule has 1 fully saturated rings. The Balaban J connectivity index is 2.04. The van der Waals surface area contributed by atoms with Crippen LogP contribution in [-0.4, -0.2) is 36.3 Å². The summed E-state index contributed by atoms with van der Waals surface area (Å²) in [6, 6.07) is 6.07. The molecule has 2 rings (SSSR count). The van der Waals surface area contributed by atoms with Gasteiger partial charge in [-0.25, -0.2) is 0 Å². The van der Waals surface area contributed by atoms with Crippen LogP contribution in [0.1, 0.15) is 25.3 Å². The van der Waals surface area contributed by atoms with Gasteiger partial charge in [-0.3, -0.25) is 4.90 Å². The van der Waals surface area contributed by atoms with Crippen molar-refractivity contribution in [2.75, 3.05) is 20.2 Å². The number of halogens is 1. The van der Waals surface area contributed by atoms with Crippen molar-refractivity contribution in [3.05, 3.63) is 28.2 Å². The first-order chi connectivity index (χ1) is 9.13. The fourth-order valence-corrected chi connectivity index (χ4v) is 3.05. The Labute approximate surface area is 123 Å². The van der Waals surface area contributed by atoms with E-state index in [-0.39, 0.29) is 6.10 Å². The van der Waals surface area contributed by atoms with Gasteiger partial charge in [0.2, 0.25) is 0 Å². The first-order valence-corrected chi connectivity index (χ1v) is 7.66. The summed E-state index contributed by atoms with van der Waals surface area (Å²) >= 11 is 3.60. The number of likely N-dealkylation sites (tertiary alicyclic amines) is 1. The van der Waals surface area contributed by atoms with E-state index in [0.29, 0.717) is 5.92 Å². The molecule has 2 atom stereocenters. The Hall–Kier alpha value is -0.580. The molecule has 3 nitrogen and oxygen atoms in total. The number of nitrogens with zero attached hydrogens (tertiary/aromatic N) is 1. The molecule has 19 heavy (non-hydrogen) atoms. The van der Waals surface area contributed by atoms with E-state index in [1.54, 1.807) is 7.11 Å². The highest BCUT2D eigenvalue weighted by atomic mass is 79.9. The number of piperidine rings is 1. The Bertz CT molecular complexity index is 425. The third-order valence-electron chi connectivity index (χ3n) is 3.95. The van der Waals surface area contributed by atoms with E-state index in [2.05, 4.69) is 33.8 Å². The molecule has 0 amide bonds. The number of methoxy groups -OCH3 is 1. The van der Waals surface area contributed by atoms with Crippen molar-refractivity contribution in [1.29, 1.82) is 0 Å². The van der Waals surface area contributed by atoms with E-state index in [0.717, 1.165) is 42.7 Å². The first kappa shape index (κ1) is 14.8. The fraction of sp³-hybridized carbons (Fsp3) is 0.600. The van der Waals surface area contributed by atoms with E-state index in [4.69, 9.17) is 4.74 Å². The van der Waals surface area contributed by atoms with Gasteiger partial charge in [0.15, 0.2) is 0 Å². The largest absolute Gasteiger partial charge is 0.497 e. The second-order valence-corrected chi connectivity index (χ2v) is 6.07. The Kier molecular flexibility index (Phi) is 5.25. The summed E-state index contributed by atoms with van der Waals surface area (Å²) in [7, 11) is 1.69. The molecule has 1 aromatic carbocycles. The van der Waals surface area contributed by atoms with Crippen LogP contribution in [-0.2, 0) is 6.54 Å². The average Bonchev–Trinajstić information content (AvgIpc) is 2.43. The van der Waals surface area contributed by atoms with Gasteiger partial charge in [-0.05, 0) is 42.5 Å². The molecule has 1 aliphatic heterocycles. The van der Waals surface area contributed by atoms with Crippen LogP contribution in [0.3, 0.4) is 0 Å². The molecule has 0 aromatic heterocycles. The Morgan fingerprint density at radius 1 is 1.47 bits per heavy atom. The van der Waals surface area contributed by atoms with E-state index in [1.807, 2.05) is 12.1 Å². The second-order valence-electron chi connectivity index (χ2n) is 5.22. The molecule has 0 saturated carbocycles. The molecule has 106 valence electrons. The first-order valence-electron chi connectivity index (χ1n) is 6.87. The number of hydrogen-bond acceptors (Lipinski definition) is 3. The van der Waals surface area contributed by atoms with E-state index >= 15 is 0 Å². The van der Waals surface area contributed by atoms with Crippen LogP contribution in [0, 0.1) is 5.92 Å². The van der Waals surface area contributed by atoms with Gasteiger partial charge < -0.3 is 9.84 Å². The number of hydrogen-bond donors (Lipinski definition) is 1. The van der Waals surface area contributed by atoms with Crippen molar-refractivity contribution in [3.8, 4) is 5.75 Å². The number of benzene rings is 1. The summed E-state index contributed by atoms with van der Waals surface area (Å²) in [5.74, 6) is 1.29. The van der Waals surface area contributed by atoms with Crippen LogP contribution in [0.25, 0.3) is 0 Å². The lowest BCUT2D eigenvalue weighted by Gasteiger charge is -2.36. The van der Waals surface area contributed by atoms with Gasteiger partial charge in [-0.1, -0.05) is 22.9 Å². The second kappa shape index (κ2) is 6.73. The third-order valence-corrected chi connectivity index (χ3v) is 4.72. The Morgan fingerprint density at radius 2 is 2.26 bits per heavy atom. The van der Waals surface area contributed by atoms with Gasteiger partial charge in [0.05, 0.1) is 13.2 Å². The quantitative estimate of drug-likeness (QED) is 0.922. The Morgan fingerprint density at radius 3 is 2.95 bits per heavy atom. The van der Waals surface area contributed by atoms with Gasteiger partial charge in [0, 0.05) is 24.1 Å². The number of aliphatic hydroxyl groups is 1. The summed E-state index contributed by atoms with van der Waals surface area (Å²) in [5.41, 5.74) is 1.24. The zero-order chi connectivity index (χ0) is 13.8. The monoisotopic (exact) mass is 327 g/mol. The molecular weight excluding hydrogens is 306 g/mol. The molecule has 1 aliphatic rings. The van der Waals surface area contributed by atoms with Crippen LogP contribution in [0.5, 0.6) is 5.75 Å². The smallest absolute Gasteiger partial charge is 0.119 e. The van der Waals surface area contributed by atoms with Gasteiger partial charge >= 0.3 is 0 Å². The maximum atomic E-state index is 9.93. The maximum Gasteiger partial charge on any atom is 0.119 e. The van der Waals surface area contributed by atoms with E-state index in [1.165, 1.54) is 5.56 Å². The number of rotatable bonds is 4. The highest BCUT2D eigenvalue weighted by Gasteiger charge is 2.26. The van der Waals surface area contributed by atoms with Gasteiger partial charge in [-0.2, -0.15) is 0 Å². The lowest BCUT2D eigenvalue weighted by atomic mass is 9.92. The van der Waals surface area contributed by atoms with Crippen molar-refractivity contribution < 1.29 is 9.84 Å². The van der Waals surface area contributed by atoms with Crippen LogP contribution in [0.2, 0.25) is 0 Å². The molecule has 0 aliphatic carbocycles. The van der Waals surface area contributed by atoms with Crippen molar-refractivity contribution in [1.82, 2.24) is 4.90 Å². The summed E-state index contributed by atoms with van der Waals surface area (Å²) < 4.78 is 6.40. The summed E-state index contributed by atoms with van der Waals surface area (Å²) in [5, 5.41) is 9.93. The highest BCUT2D eigenvalue weighted by Crippen LogP contribution is 2.26. The standard InChI is InChI=1S/C15H22BrNO2/c1-3-11-9-17(7-6-15(11)18)10-12-8-13(19-2)4-5-14(12)16/h4-5,8,11,15,18H,3,6-7,9-10H2,1-2H3. The predicted octanol–water partition coefficient (Wildman–Crippen LogP) is 3.05. The molecule has 4 heteroatoms. The minimum Gasteiger partial charge on any atom is -0.497 e. The fourth-order valence-electron chi connectivity index (χ4n) is 2.68. The van der Waals surface area contributed by atoms with Crippen LogP contribution in [0.15, 0.2) is 22.7 Å². The zero-order valence-electron chi connectivity index (χ0n) is 11.6. The molecule has 2 unspecified atom stereocenters. The average molecular weight is 328 g/mol. The van der Waals surface area contributed by atoms with Crippen molar-refractivity contribution in [2.45, 2.75) is 32.4 Å². The SMILES string of the molecule is CCC1CN(Cc2cc(OC)ccc2Br)CCC1O. The normalized spacial score (nSPS) is 24.4. The molecular formula is C15H22BrNO2. The van der Waals surface area contributed by atoms with Crippen LogP contribution >= 0.6 is 15.9 Å². The summed E-state index contributed by atoms with van der Waals surface area (Å²) in [4.78, 5) is 2.42. The molecule has 0 radical (unpaired) electrons.